The van der Waals surface area contributed by atoms with Gasteiger partial charge in [0.1, 0.15) is 0 Å². The number of benzene rings is 1. The van der Waals surface area contributed by atoms with Crippen molar-refractivity contribution in [3.05, 3.63) is 60.8 Å². The molecule has 3 aromatic rings. The van der Waals surface area contributed by atoms with Crippen LogP contribution >= 0.6 is 0 Å². The molecule has 1 aromatic carbocycles. The third kappa shape index (κ3) is 5.15. The Kier molecular flexibility index (Phi) is 7.40. The molecule has 6 nitrogen and oxygen atoms in total. The number of aromatic nitrogens is 1. The number of rotatable bonds is 3. The Morgan fingerprint density at radius 2 is 2.03 bits per heavy atom. The number of aliphatic hydroxyl groups is 1. The van der Waals surface area contributed by atoms with E-state index in [1.165, 1.54) is 19.9 Å². The topological polar surface area (TPSA) is 69.3 Å². The van der Waals surface area contributed by atoms with E-state index in [2.05, 4.69) is 30.9 Å². The summed E-state index contributed by atoms with van der Waals surface area (Å²) in [6.07, 6.45) is 6.87. The van der Waals surface area contributed by atoms with Crippen LogP contribution in [0.3, 0.4) is 0 Å². The number of fused-ring (bicyclic) bond motifs is 3. The first kappa shape index (κ1) is 22.4. The fraction of sp³-hybridized carbons (Fsp3) is 0.227. The van der Waals surface area contributed by atoms with Crippen LogP contribution in [0.2, 0.25) is 0 Å². The normalized spacial score (nSPS) is 13.1. The van der Waals surface area contributed by atoms with E-state index < -0.39 is 0 Å². The molecule has 151 valence electrons. The van der Waals surface area contributed by atoms with Gasteiger partial charge in [-0.25, -0.2) is 4.98 Å². The predicted molar refractivity (Wildman–Crippen MR) is 107 cm³/mol. The van der Waals surface area contributed by atoms with Crippen LogP contribution in [0.15, 0.2) is 59.1 Å². The van der Waals surface area contributed by atoms with Crippen molar-refractivity contribution in [3.63, 3.8) is 0 Å². The quantitative estimate of drug-likeness (QED) is 0.218. The van der Waals surface area contributed by atoms with Crippen molar-refractivity contribution < 1.29 is 43.6 Å². The molecule has 1 aliphatic heterocycles. The maximum atomic E-state index is 10.0. The van der Waals surface area contributed by atoms with Gasteiger partial charge in [-0.1, -0.05) is 14.5 Å². The maximum Gasteiger partial charge on any atom is 0.493 e. The summed E-state index contributed by atoms with van der Waals surface area (Å²) in [4.78, 5) is 14.3. The number of carbonyl (C=O) groups excluding carboxylic acids is 1. The number of pyridine rings is 1. The standard InChI is InChI=1S/C17H14N3O.C5H8O2.Ir/c1-12(2)19-9-10-20(11-19)15-7-3-5-13-14-6-4-8-18-17(14)21-16(13)15;1-4(6)3-5(2)7;/h3-6,8-10,12H,1-2H3;3,6H,1-2H3;/q+1;;/b;4-3-;. The number of nitrogens with zero attached hydrogens (tertiary/aromatic N) is 3. The van der Waals surface area contributed by atoms with Gasteiger partial charge in [-0.15, -0.1) is 6.07 Å². The summed E-state index contributed by atoms with van der Waals surface area (Å²) < 4.78 is 9.84. The molecule has 1 aliphatic rings. The van der Waals surface area contributed by atoms with Gasteiger partial charge >= 0.3 is 6.01 Å². The monoisotopic (exact) mass is 569 g/mol. The van der Waals surface area contributed by atoms with E-state index in [0.717, 1.165) is 22.0 Å². The Balaban J connectivity index is 0.000000327. The van der Waals surface area contributed by atoms with Crippen LogP contribution < -0.4 is 0 Å². The SMILES string of the molecule is CC(=O)/C=C(/C)O.CC(C)[N+]1=C=[N+](c2[c-]ccc3c2oc2ncccc23)C=C1.[Ir]. The molecule has 1 radical (unpaired) electrons. The Hall–Kier alpha value is -2.85. The molecule has 1 N–H and O–H groups in total. The second-order valence-corrected chi connectivity index (χ2v) is 6.69. The first-order valence-electron chi connectivity index (χ1n) is 8.94. The Bertz CT molecular complexity index is 1180. The first-order valence-corrected chi connectivity index (χ1v) is 8.94. The molecule has 0 atom stereocenters. The van der Waals surface area contributed by atoms with Crippen LogP contribution in [-0.4, -0.2) is 37.1 Å². The molecule has 0 amide bonds. The van der Waals surface area contributed by atoms with E-state index >= 15 is 0 Å². The molecule has 2 aromatic heterocycles. The fourth-order valence-corrected chi connectivity index (χ4v) is 2.78. The zero-order chi connectivity index (χ0) is 20.3. The van der Waals surface area contributed by atoms with Crippen molar-refractivity contribution in [1.82, 2.24) is 4.98 Å². The van der Waals surface area contributed by atoms with Crippen molar-refractivity contribution in [1.29, 1.82) is 0 Å². The summed E-state index contributed by atoms with van der Waals surface area (Å²) in [7, 11) is 0. The van der Waals surface area contributed by atoms with Crippen LogP contribution in [0.25, 0.3) is 22.1 Å². The van der Waals surface area contributed by atoms with E-state index in [1.54, 1.807) is 6.20 Å². The van der Waals surface area contributed by atoms with E-state index in [0.29, 0.717) is 11.8 Å². The molecule has 0 saturated heterocycles. The summed E-state index contributed by atoms with van der Waals surface area (Å²) in [5, 5.41) is 10.4. The Labute approximate surface area is 182 Å². The first-order chi connectivity index (χ1) is 13.4. The second-order valence-electron chi connectivity index (χ2n) is 6.69. The average Bonchev–Trinajstić information content (AvgIpc) is 3.26. The summed E-state index contributed by atoms with van der Waals surface area (Å²) in [5.41, 5.74) is 2.29. The molecule has 4 rings (SSSR count). The van der Waals surface area contributed by atoms with Crippen molar-refractivity contribution >= 4 is 39.5 Å². The molecule has 0 unspecified atom stereocenters. The molecule has 29 heavy (non-hydrogen) atoms. The van der Waals surface area contributed by atoms with Crippen LogP contribution in [0.1, 0.15) is 27.7 Å². The van der Waals surface area contributed by atoms with E-state index in [1.807, 2.05) is 45.8 Å². The van der Waals surface area contributed by atoms with Crippen LogP contribution in [0.5, 0.6) is 0 Å². The van der Waals surface area contributed by atoms with Crippen molar-refractivity contribution in [3.8, 4) is 0 Å². The molecule has 7 heteroatoms. The number of hydrogen-bond donors (Lipinski definition) is 1. The van der Waals surface area contributed by atoms with E-state index in [-0.39, 0.29) is 31.6 Å². The van der Waals surface area contributed by atoms with Crippen LogP contribution in [-0.2, 0) is 24.9 Å². The molecule has 0 saturated carbocycles. The number of furan rings is 1. The fourth-order valence-electron chi connectivity index (χ4n) is 2.78. The van der Waals surface area contributed by atoms with Gasteiger partial charge in [-0.05, 0) is 39.8 Å². The second kappa shape index (κ2) is 9.57. The molecule has 0 spiro atoms. The van der Waals surface area contributed by atoms with Crippen LogP contribution in [0, 0.1) is 6.07 Å². The molecular formula is C22H22IrN3O3+. The molecule has 0 fully saturated rings. The number of carbonyl (C=O) groups is 1. The smallest absolute Gasteiger partial charge is 0.493 e. The van der Waals surface area contributed by atoms with Gasteiger partial charge in [-0.3, -0.25) is 4.79 Å². The van der Waals surface area contributed by atoms with Gasteiger partial charge in [-0.2, -0.15) is 12.1 Å². The summed E-state index contributed by atoms with van der Waals surface area (Å²) >= 11 is 0. The summed E-state index contributed by atoms with van der Waals surface area (Å²) in [6, 6.07) is 14.7. The third-order valence-electron chi connectivity index (χ3n) is 4.00. The minimum atomic E-state index is -0.125. The molecule has 0 aliphatic carbocycles. The molecular weight excluding hydrogens is 546 g/mol. The minimum absolute atomic E-state index is 0. The Morgan fingerprint density at radius 1 is 1.28 bits per heavy atom. The summed E-state index contributed by atoms with van der Waals surface area (Å²) in [6.45, 7) is 7.09. The molecule has 0 bridgehead atoms. The molecule has 3 heterocycles. The van der Waals surface area contributed by atoms with E-state index in [9.17, 15) is 4.79 Å². The zero-order valence-electron chi connectivity index (χ0n) is 16.6. The summed E-state index contributed by atoms with van der Waals surface area (Å²) in [5.74, 6) is -0.0625. The van der Waals surface area contributed by atoms with Crippen molar-refractivity contribution in [2.75, 3.05) is 0 Å². The van der Waals surface area contributed by atoms with Gasteiger partial charge in [0.2, 0.25) is 11.9 Å². The number of allylic oxidation sites excluding steroid dienone is 2. The van der Waals surface area contributed by atoms with Crippen molar-refractivity contribution in [2.24, 2.45) is 0 Å². The third-order valence-corrected chi connectivity index (χ3v) is 4.00. The Morgan fingerprint density at radius 3 is 2.62 bits per heavy atom. The number of hydrogen-bond acceptors (Lipinski definition) is 4. The van der Waals surface area contributed by atoms with Crippen molar-refractivity contribution in [2.45, 2.75) is 33.7 Å². The van der Waals surface area contributed by atoms with Gasteiger partial charge in [0.25, 0.3) is 6.20 Å². The predicted octanol–water partition coefficient (Wildman–Crippen LogP) is 4.54. The average molecular weight is 569 g/mol. The largest absolute Gasteiger partial charge is 0.512 e. The van der Waals surface area contributed by atoms with Crippen LogP contribution in [0.4, 0.5) is 5.69 Å². The van der Waals surface area contributed by atoms with Gasteiger partial charge in [0.05, 0.1) is 11.3 Å². The maximum absolute atomic E-state index is 10.0. The minimum Gasteiger partial charge on any atom is -0.512 e. The van der Waals surface area contributed by atoms with Gasteiger partial charge in [0, 0.05) is 37.8 Å². The van der Waals surface area contributed by atoms with Gasteiger partial charge < -0.3 is 9.52 Å². The van der Waals surface area contributed by atoms with E-state index in [4.69, 9.17) is 9.52 Å². The number of aliphatic hydroxyl groups excluding tert-OH is 1. The van der Waals surface area contributed by atoms with Gasteiger partial charge in [0.15, 0.2) is 17.5 Å². The zero-order valence-corrected chi connectivity index (χ0v) is 19.0. The number of ketones is 1.